The smallest absolute Gasteiger partial charge is 0.239 e. The number of carbonyl (C=O) groups excluding carboxylic acids is 1. The van der Waals surface area contributed by atoms with Gasteiger partial charge in [0, 0.05) is 17.6 Å². The monoisotopic (exact) mass is 302 g/mol. The van der Waals surface area contributed by atoms with Crippen LogP contribution in [0, 0.1) is 0 Å². The van der Waals surface area contributed by atoms with E-state index in [0.29, 0.717) is 0 Å². The molecule has 0 aromatic heterocycles. The topological polar surface area (TPSA) is 46.3 Å². The van der Waals surface area contributed by atoms with Crippen LogP contribution in [-0.2, 0) is 11.2 Å². The van der Waals surface area contributed by atoms with Crippen molar-refractivity contribution in [3.05, 3.63) is 34.9 Å². The third-order valence-corrected chi connectivity index (χ3v) is 3.83. The van der Waals surface area contributed by atoms with Gasteiger partial charge in [-0.1, -0.05) is 29.8 Å². The molecule has 1 amide bonds. The predicted octanol–water partition coefficient (Wildman–Crippen LogP) is 2.64. The summed E-state index contributed by atoms with van der Waals surface area (Å²) in [7, 11) is 0. The number of rotatable bonds is 3. The minimum atomic E-state index is -0.420. The van der Waals surface area contributed by atoms with E-state index in [4.69, 9.17) is 17.3 Å². The molecule has 0 bridgehead atoms. The van der Waals surface area contributed by atoms with Crippen LogP contribution < -0.4 is 5.73 Å². The first kappa shape index (κ1) is 16.3. The molecular weight excluding hydrogens is 283 g/mol. The Labute approximate surface area is 125 Å². The van der Waals surface area contributed by atoms with Gasteiger partial charge in [0.05, 0.1) is 6.04 Å². The van der Waals surface area contributed by atoms with E-state index in [-0.39, 0.29) is 24.4 Å². The van der Waals surface area contributed by atoms with E-state index in [0.717, 1.165) is 36.4 Å². The highest BCUT2D eigenvalue weighted by molar-refractivity contribution is 6.31. The van der Waals surface area contributed by atoms with Gasteiger partial charge in [-0.25, -0.2) is 0 Å². The SMILES string of the molecule is C[C@H](N)C(=O)N1CCCC1Cc1ccccc1Cl.Cl. The molecule has 1 saturated heterocycles. The number of benzene rings is 1. The Morgan fingerprint density at radius 2 is 2.21 bits per heavy atom. The summed E-state index contributed by atoms with van der Waals surface area (Å²) < 4.78 is 0. The largest absolute Gasteiger partial charge is 0.338 e. The molecule has 106 valence electrons. The number of carbonyl (C=O) groups is 1. The Hall–Kier alpha value is -0.770. The highest BCUT2D eigenvalue weighted by Crippen LogP contribution is 2.25. The van der Waals surface area contributed by atoms with E-state index in [2.05, 4.69) is 0 Å². The molecule has 1 heterocycles. The molecule has 1 unspecified atom stereocenters. The molecule has 1 aliphatic rings. The van der Waals surface area contributed by atoms with Crippen molar-refractivity contribution in [2.45, 2.75) is 38.3 Å². The van der Waals surface area contributed by atoms with E-state index in [1.54, 1.807) is 6.92 Å². The molecule has 1 aromatic rings. The van der Waals surface area contributed by atoms with Crippen molar-refractivity contribution in [2.75, 3.05) is 6.54 Å². The average Bonchev–Trinajstić information content (AvgIpc) is 2.79. The third kappa shape index (κ3) is 3.85. The van der Waals surface area contributed by atoms with Crippen LogP contribution in [0.25, 0.3) is 0 Å². The lowest BCUT2D eigenvalue weighted by atomic mass is 10.0. The van der Waals surface area contributed by atoms with Gasteiger partial charge < -0.3 is 10.6 Å². The van der Waals surface area contributed by atoms with Crippen LogP contribution in [0.5, 0.6) is 0 Å². The quantitative estimate of drug-likeness (QED) is 0.933. The van der Waals surface area contributed by atoms with E-state index < -0.39 is 6.04 Å². The van der Waals surface area contributed by atoms with Crippen LogP contribution in [0.15, 0.2) is 24.3 Å². The fourth-order valence-corrected chi connectivity index (χ4v) is 2.73. The van der Waals surface area contributed by atoms with Crippen LogP contribution >= 0.6 is 24.0 Å². The fraction of sp³-hybridized carbons (Fsp3) is 0.500. The second-order valence-corrected chi connectivity index (χ2v) is 5.32. The summed E-state index contributed by atoms with van der Waals surface area (Å²) in [6.07, 6.45) is 2.90. The number of likely N-dealkylation sites (tertiary alicyclic amines) is 1. The summed E-state index contributed by atoms with van der Waals surface area (Å²) in [5, 5.41) is 0.776. The second-order valence-electron chi connectivity index (χ2n) is 4.91. The molecule has 2 atom stereocenters. The van der Waals surface area contributed by atoms with Gasteiger partial charge in [0.1, 0.15) is 0 Å². The van der Waals surface area contributed by atoms with E-state index in [1.165, 1.54) is 0 Å². The normalized spacial score (nSPS) is 19.9. The predicted molar refractivity (Wildman–Crippen MR) is 80.8 cm³/mol. The average molecular weight is 303 g/mol. The summed E-state index contributed by atoms with van der Waals surface area (Å²) in [6, 6.07) is 7.64. The summed E-state index contributed by atoms with van der Waals surface area (Å²) in [5.41, 5.74) is 6.79. The highest BCUT2D eigenvalue weighted by atomic mass is 35.5. The number of amides is 1. The number of hydrogen-bond donors (Lipinski definition) is 1. The van der Waals surface area contributed by atoms with Crippen LogP contribution in [0.4, 0.5) is 0 Å². The molecule has 2 rings (SSSR count). The Morgan fingerprint density at radius 3 is 2.84 bits per heavy atom. The van der Waals surface area contributed by atoms with E-state index in [9.17, 15) is 4.79 Å². The van der Waals surface area contributed by atoms with Crippen molar-refractivity contribution in [1.29, 1.82) is 0 Å². The Morgan fingerprint density at radius 1 is 1.53 bits per heavy atom. The zero-order chi connectivity index (χ0) is 13.1. The molecule has 0 radical (unpaired) electrons. The van der Waals surface area contributed by atoms with E-state index >= 15 is 0 Å². The molecule has 1 fully saturated rings. The summed E-state index contributed by atoms with van der Waals surface area (Å²) in [6.45, 7) is 2.56. The van der Waals surface area contributed by atoms with Gasteiger partial charge in [0.2, 0.25) is 5.91 Å². The molecular formula is C14H20Cl2N2O. The number of nitrogens with zero attached hydrogens (tertiary/aromatic N) is 1. The molecule has 5 heteroatoms. The number of nitrogens with two attached hydrogens (primary N) is 1. The summed E-state index contributed by atoms with van der Waals surface area (Å²) in [5.74, 6) is 0.0459. The van der Waals surface area contributed by atoms with Gasteiger partial charge in [-0.2, -0.15) is 0 Å². The molecule has 0 saturated carbocycles. The van der Waals surface area contributed by atoms with Crippen molar-refractivity contribution in [1.82, 2.24) is 4.90 Å². The maximum Gasteiger partial charge on any atom is 0.239 e. The molecule has 2 N–H and O–H groups in total. The minimum Gasteiger partial charge on any atom is -0.338 e. The lowest BCUT2D eigenvalue weighted by Crippen LogP contribution is -2.45. The van der Waals surface area contributed by atoms with Gasteiger partial charge in [-0.3, -0.25) is 4.79 Å². The van der Waals surface area contributed by atoms with Gasteiger partial charge in [-0.05, 0) is 37.8 Å². The summed E-state index contributed by atoms with van der Waals surface area (Å²) in [4.78, 5) is 13.9. The first-order valence-electron chi connectivity index (χ1n) is 6.39. The van der Waals surface area contributed by atoms with Crippen molar-refractivity contribution >= 4 is 29.9 Å². The zero-order valence-corrected chi connectivity index (χ0v) is 12.6. The number of hydrogen-bond acceptors (Lipinski definition) is 2. The Kier molecular flexibility index (Phi) is 6.11. The Balaban J connectivity index is 0.00000180. The van der Waals surface area contributed by atoms with Crippen LogP contribution in [-0.4, -0.2) is 29.4 Å². The highest BCUT2D eigenvalue weighted by Gasteiger charge is 2.30. The molecule has 0 spiro atoms. The minimum absolute atomic E-state index is 0. The lowest BCUT2D eigenvalue weighted by Gasteiger charge is -2.26. The fourth-order valence-electron chi connectivity index (χ4n) is 2.52. The van der Waals surface area contributed by atoms with Crippen molar-refractivity contribution in [3.8, 4) is 0 Å². The number of halogens is 2. The van der Waals surface area contributed by atoms with Crippen LogP contribution in [0.2, 0.25) is 5.02 Å². The molecule has 1 aromatic carbocycles. The Bertz CT molecular complexity index is 437. The van der Waals surface area contributed by atoms with Gasteiger partial charge >= 0.3 is 0 Å². The molecule has 3 nitrogen and oxygen atoms in total. The second kappa shape index (κ2) is 7.13. The van der Waals surface area contributed by atoms with Crippen LogP contribution in [0.3, 0.4) is 0 Å². The summed E-state index contributed by atoms with van der Waals surface area (Å²) >= 11 is 6.16. The van der Waals surface area contributed by atoms with Gasteiger partial charge in [0.15, 0.2) is 0 Å². The van der Waals surface area contributed by atoms with Crippen LogP contribution in [0.1, 0.15) is 25.3 Å². The third-order valence-electron chi connectivity index (χ3n) is 3.46. The molecule has 0 aliphatic carbocycles. The lowest BCUT2D eigenvalue weighted by molar-refractivity contribution is -0.132. The molecule has 19 heavy (non-hydrogen) atoms. The standard InChI is InChI=1S/C14H19ClN2O.ClH/c1-10(16)14(18)17-8-4-6-12(17)9-11-5-2-3-7-13(11)15;/h2-3,5,7,10,12H,4,6,8-9,16H2,1H3;1H/t10-,12?;/m0./s1. The maximum atomic E-state index is 12.0. The van der Waals surface area contributed by atoms with Crippen molar-refractivity contribution < 1.29 is 4.79 Å². The molecule has 1 aliphatic heterocycles. The first-order chi connectivity index (χ1) is 8.59. The van der Waals surface area contributed by atoms with Crippen molar-refractivity contribution in [3.63, 3.8) is 0 Å². The maximum absolute atomic E-state index is 12.0. The first-order valence-corrected chi connectivity index (χ1v) is 6.77. The zero-order valence-electron chi connectivity index (χ0n) is 11.0. The van der Waals surface area contributed by atoms with E-state index in [1.807, 2.05) is 29.2 Å². The van der Waals surface area contributed by atoms with Gasteiger partial charge in [-0.15, -0.1) is 12.4 Å². The van der Waals surface area contributed by atoms with Crippen molar-refractivity contribution in [2.24, 2.45) is 5.73 Å². The van der Waals surface area contributed by atoms with Gasteiger partial charge in [0.25, 0.3) is 0 Å².